The number of halogens is 3. The van der Waals surface area contributed by atoms with Gasteiger partial charge in [0.15, 0.2) is 18.1 Å². The average Bonchev–Trinajstić information content (AvgIpc) is 3.11. The van der Waals surface area contributed by atoms with E-state index < -0.39 is 12.8 Å². The van der Waals surface area contributed by atoms with Crippen molar-refractivity contribution in [2.45, 2.75) is 32.5 Å². The molecule has 24 heavy (non-hydrogen) atoms. The number of hydrogen-bond donors (Lipinski definition) is 0. The van der Waals surface area contributed by atoms with Gasteiger partial charge in [-0.05, 0) is 19.3 Å². The van der Waals surface area contributed by atoms with Crippen molar-refractivity contribution in [3.63, 3.8) is 0 Å². The Kier molecular flexibility index (Phi) is 4.37. The molecule has 1 fully saturated rings. The summed E-state index contributed by atoms with van der Waals surface area (Å²) in [7, 11) is 0. The van der Waals surface area contributed by atoms with E-state index in [-0.39, 0.29) is 24.3 Å². The van der Waals surface area contributed by atoms with Crippen LogP contribution in [0, 0.1) is 5.92 Å². The fourth-order valence-corrected chi connectivity index (χ4v) is 2.88. The second-order valence-corrected chi connectivity index (χ2v) is 5.94. The number of azo groups is 1. The zero-order valence-corrected chi connectivity index (χ0v) is 13.0. The van der Waals surface area contributed by atoms with Gasteiger partial charge in [-0.25, -0.2) is 0 Å². The maximum absolute atomic E-state index is 12.3. The summed E-state index contributed by atoms with van der Waals surface area (Å²) in [6.07, 6.45) is -3.17. The van der Waals surface area contributed by atoms with Gasteiger partial charge in [-0.3, -0.25) is 0 Å². The lowest BCUT2D eigenvalue weighted by Crippen LogP contribution is -2.24. The third-order valence-corrected chi connectivity index (χ3v) is 3.83. The van der Waals surface area contributed by atoms with Crippen molar-refractivity contribution in [3.8, 4) is 6.01 Å². The van der Waals surface area contributed by atoms with Crippen LogP contribution in [-0.4, -0.2) is 41.6 Å². The number of carbonyl (C=O) groups excluding carboxylic acids is 1. The quantitative estimate of drug-likeness (QED) is 0.821. The largest absolute Gasteiger partial charge is 0.454 e. The summed E-state index contributed by atoms with van der Waals surface area (Å²) in [6, 6.07) is -0.330. The van der Waals surface area contributed by atoms with Gasteiger partial charge in [0.2, 0.25) is 0 Å². The number of aromatic nitrogens is 2. The number of carbonyl (C=O) groups is 1. The van der Waals surface area contributed by atoms with Crippen molar-refractivity contribution in [2.75, 3.05) is 24.6 Å². The van der Waals surface area contributed by atoms with Crippen molar-refractivity contribution in [3.05, 3.63) is 5.69 Å². The van der Waals surface area contributed by atoms with Crippen molar-refractivity contribution >= 4 is 17.3 Å². The molecule has 130 valence electrons. The van der Waals surface area contributed by atoms with E-state index in [1.165, 1.54) is 0 Å². The third kappa shape index (κ3) is 3.80. The molecule has 1 saturated heterocycles. The molecule has 1 aromatic rings. The van der Waals surface area contributed by atoms with Crippen LogP contribution in [-0.2, 0) is 11.3 Å². The molecular formula is C14H16F3N5O2. The van der Waals surface area contributed by atoms with Crippen LogP contribution in [0.4, 0.5) is 24.7 Å². The van der Waals surface area contributed by atoms with Gasteiger partial charge < -0.3 is 14.4 Å². The number of Topliss-reactive ketones (excluding diaryl/α,β-unsaturated/α-hetero) is 1. The van der Waals surface area contributed by atoms with Gasteiger partial charge in [0, 0.05) is 19.5 Å². The van der Waals surface area contributed by atoms with Gasteiger partial charge in [-0.2, -0.15) is 28.3 Å². The first-order chi connectivity index (χ1) is 11.3. The number of ether oxygens (including phenoxy) is 1. The molecule has 0 radical (unpaired) electrons. The molecule has 2 aliphatic rings. The first-order valence-corrected chi connectivity index (χ1v) is 7.54. The molecule has 3 rings (SSSR count). The fourth-order valence-electron chi connectivity index (χ4n) is 2.88. The smallest absolute Gasteiger partial charge is 0.422 e. The number of nitrogens with zero attached hydrogens (tertiary/aromatic N) is 5. The molecule has 0 N–H and O–H groups in total. The van der Waals surface area contributed by atoms with Gasteiger partial charge in [-0.1, -0.05) is 0 Å². The van der Waals surface area contributed by atoms with Crippen LogP contribution < -0.4 is 9.64 Å². The Bertz CT molecular complexity index is 677. The normalized spacial score (nSPS) is 19.7. The Morgan fingerprint density at radius 1 is 1.38 bits per heavy atom. The third-order valence-electron chi connectivity index (χ3n) is 3.83. The summed E-state index contributed by atoms with van der Waals surface area (Å²) in [5, 5.41) is 7.86. The maximum atomic E-state index is 12.3. The summed E-state index contributed by atoms with van der Waals surface area (Å²) in [6.45, 7) is 1.53. The maximum Gasteiger partial charge on any atom is 0.422 e. The Morgan fingerprint density at radius 3 is 2.88 bits per heavy atom. The van der Waals surface area contributed by atoms with Crippen LogP contribution in [0.2, 0.25) is 0 Å². The number of hydrogen-bond acceptors (Lipinski definition) is 7. The molecule has 0 bridgehead atoms. The highest BCUT2D eigenvalue weighted by Crippen LogP contribution is 2.38. The lowest BCUT2D eigenvalue weighted by atomic mass is 10.0. The Morgan fingerprint density at radius 2 is 2.17 bits per heavy atom. The molecule has 1 atom stereocenters. The summed E-state index contributed by atoms with van der Waals surface area (Å²) >= 11 is 0. The van der Waals surface area contributed by atoms with E-state index in [2.05, 4.69) is 24.9 Å². The SMILES string of the molecule is CC(=O)C[C@H]1CCN(c2nc(OCC(F)(F)F)nc3c2N=NC3)C1. The average molecular weight is 343 g/mol. The van der Waals surface area contributed by atoms with Gasteiger partial charge in [-0.15, -0.1) is 5.11 Å². The number of rotatable bonds is 5. The number of alkyl halides is 3. The van der Waals surface area contributed by atoms with Crippen molar-refractivity contribution in [1.82, 2.24) is 9.97 Å². The van der Waals surface area contributed by atoms with E-state index >= 15 is 0 Å². The second-order valence-electron chi connectivity index (χ2n) is 5.94. The molecular weight excluding hydrogens is 327 g/mol. The monoisotopic (exact) mass is 343 g/mol. The predicted octanol–water partition coefficient (Wildman–Crippen LogP) is 2.82. The zero-order valence-electron chi connectivity index (χ0n) is 13.0. The van der Waals surface area contributed by atoms with Crippen LogP contribution in [0.3, 0.4) is 0 Å². The van der Waals surface area contributed by atoms with E-state index in [0.29, 0.717) is 36.7 Å². The Hall–Kier alpha value is -2.26. The second kappa shape index (κ2) is 6.33. The van der Waals surface area contributed by atoms with Crippen molar-refractivity contribution < 1.29 is 22.7 Å². The van der Waals surface area contributed by atoms with Gasteiger partial charge in [0.1, 0.15) is 18.0 Å². The summed E-state index contributed by atoms with van der Waals surface area (Å²) in [4.78, 5) is 21.2. The van der Waals surface area contributed by atoms with Crippen LogP contribution in [0.25, 0.3) is 0 Å². The van der Waals surface area contributed by atoms with E-state index in [9.17, 15) is 18.0 Å². The first kappa shape index (κ1) is 16.6. The fraction of sp³-hybridized carbons (Fsp3) is 0.643. The molecule has 0 spiro atoms. The summed E-state index contributed by atoms with van der Waals surface area (Å²) in [5.74, 6) is 0.735. The molecule has 3 heterocycles. The number of fused-ring (bicyclic) bond motifs is 1. The van der Waals surface area contributed by atoms with Gasteiger partial charge >= 0.3 is 12.2 Å². The summed E-state index contributed by atoms with van der Waals surface area (Å²) < 4.78 is 41.7. The number of anilines is 1. The minimum atomic E-state index is -4.46. The van der Waals surface area contributed by atoms with Crippen molar-refractivity contribution in [2.24, 2.45) is 16.1 Å². The van der Waals surface area contributed by atoms with E-state index in [0.717, 1.165) is 6.42 Å². The number of ketones is 1. The van der Waals surface area contributed by atoms with Crippen LogP contribution in [0.15, 0.2) is 10.2 Å². The van der Waals surface area contributed by atoms with E-state index in [4.69, 9.17) is 0 Å². The van der Waals surface area contributed by atoms with Crippen LogP contribution in [0.1, 0.15) is 25.5 Å². The highest BCUT2D eigenvalue weighted by Gasteiger charge is 2.32. The van der Waals surface area contributed by atoms with Gasteiger partial charge in [0.25, 0.3) is 0 Å². The van der Waals surface area contributed by atoms with Crippen LogP contribution in [0.5, 0.6) is 6.01 Å². The molecule has 0 aromatic carbocycles. The Labute approximate surface area is 135 Å². The van der Waals surface area contributed by atoms with E-state index in [1.807, 2.05) is 4.90 Å². The predicted molar refractivity (Wildman–Crippen MR) is 77.4 cm³/mol. The lowest BCUT2D eigenvalue weighted by Gasteiger charge is -2.19. The zero-order chi connectivity index (χ0) is 17.3. The first-order valence-electron chi connectivity index (χ1n) is 7.54. The molecule has 0 saturated carbocycles. The van der Waals surface area contributed by atoms with Gasteiger partial charge in [0.05, 0.1) is 0 Å². The molecule has 0 amide bonds. The minimum Gasteiger partial charge on any atom is -0.454 e. The molecule has 0 aliphatic carbocycles. The van der Waals surface area contributed by atoms with Crippen LogP contribution >= 0.6 is 0 Å². The Balaban J connectivity index is 1.80. The van der Waals surface area contributed by atoms with E-state index in [1.54, 1.807) is 6.92 Å². The topological polar surface area (TPSA) is 80.0 Å². The standard InChI is InChI=1S/C14H16F3N5O2/c1-8(23)4-9-2-3-22(6-9)12-11-10(5-18-21-11)19-13(20-12)24-7-14(15,16)17/h9H,2-7H2,1H3/t9-/m1/s1. The minimum absolute atomic E-state index is 0.114. The molecule has 7 nitrogen and oxygen atoms in total. The summed E-state index contributed by atoms with van der Waals surface area (Å²) in [5.41, 5.74) is 0.921. The highest BCUT2D eigenvalue weighted by atomic mass is 19.4. The van der Waals surface area contributed by atoms with Crippen molar-refractivity contribution in [1.29, 1.82) is 0 Å². The highest BCUT2D eigenvalue weighted by molar-refractivity contribution is 5.76. The lowest BCUT2D eigenvalue weighted by molar-refractivity contribution is -0.154. The molecule has 2 aliphatic heterocycles. The molecule has 0 unspecified atom stereocenters. The molecule has 10 heteroatoms. The molecule has 1 aromatic heterocycles.